The van der Waals surface area contributed by atoms with Gasteiger partial charge < -0.3 is 15.6 Å². The number of rotatable bonds is 3. The minimum atomic E-state index is -0.302. The minimum absolute atomic E-state index is 0.114. The van der Waals surface area contributed by atoms with Gasteiger partial charge in [-0.15, -0.1) is 0 Å². The second-order valence-electron chi connectivity index (χ2n) is 5.60. The van der Waals surface area contributed by atoms with Gasteiger partial charge in [0, 0.05) is 42.3 Å². The van der Waals surface area contributed by atoms with Gasteiger partial charge >= 0.3 is 0 Å². The molecule has 0 radical (unpaired) electrons. The zero-order valence-electron chi connectivity index (χ0n) is 12.8. The number of anilines is 2. The van der Waals surface area contributed by atoms with Gasteiger partial charge in [-0.2, -0.15) is 0 Å². The molecule has 3 aromatic rings. The molecule has 3 heterocycles. The lowest BCUT2D eigenvalue weighted by atomic mass is 10.1. The quantitative estimate of drug-likeness (QED) is 0.693. The summed E-state index contributed by atoms with van der Waals surface area (Å²) in [5, 5.41) is 6.12. The van der Waals surface area contributed by atoms with Gasteiger partial charge in [-0.05, 0) is 36.4 Å². The zero-order chi connectivity index (χ0) is 16.5. The molecule has 1 aromatic carbocycles. The molecule has 0 aliphatic carbocycles. The summed E-state index contributed by atoms with van der Waals surface area (Å²) >= 11 is 0. The van der Waals surface area contributed by atoms with Crippen LogP contribution in [0, 0.1) is 5.82 Å². The Hall–Kier alpha value is -3.15. The highest BCUT2D eigenvalue weighted by Gasteiger charge is 2.26. The smallest absolute Gasteiger partial charge is 0.255 e. The molecular weight excluding hydrogens is 307 g/mol. The Morgan fingerprint density at radius 1 is 1.08 bits per heavy atom. The number of H-pyrrole nitrogens is 1. The van der Waals surface area contributed by atoms with Crippen molar-refractivity contribution in [2.45, 2.75) is 6.42 Å². The van der Waals surface area contributed by atoms with Crippen molar-refractivity contribution in [2.75, 3.05) is 11.9 Å². The Kier molecular flexibility index (Phi) is 3.49. The second-order valence-corrected chi connectivity index (χ2v) is 5.60. The monoisotopic (exact) mass is 322 g/mol. The molecule has 1 aliphatic rings. The predicted octanol–water partition coefficient (Wildman–Crippen LogP) is 3.25. The van der Waals surface area contributed by atoms with Crippen LogP contribution < -0.4 is 10.6 Å². The summed E-state index contributed by atoms with van der Waals surface area (Å²) in [6.07, 6.45) is 4.15. The normalized spacial score (nSPS) is 13.3. The van der Waals surface area contributed by atoms with Gasteiger partial charge in [0.1, 0.15) is 5.82 Å². The highest BCUT2D eigenvalue weighted by molar-refractivity contribution is 6.06. The van der Waals surface area contributed by atoms with Crippen LogP contribution in [0.1, 0.15) is 16.1 Å². The Balaban J connectivity index is 1.85. The van der Waals surface area contributed by atoms with Crippen LogP contribution in [0.25, 0.3) is 11.3 Å². The molecule has 0 unspecified atom stereocenters. The average molecular weight is 322 g/mol. The van der Waals surface area contributed by atoms with Gasteiger partial charge in [-0.25, -0.2) is 4.39 Å². The molecule has 120 valence electrons. The van der Waals surface area contributed by atoms with Gasteiger partial charge in [0.2, 0.25) is 0 Å². The van der Waals surface area contributed by atoms with E-state index in [9.17, 15) is 9.18 Å². The molecule has 24 heavy (non-hydrogen) atoms. The number of aromatic amines is 1. The number of carbonyl (C=O) groups excluding carboxylic acids is 1. The van der Waals surface area contributed by atoms with Crippen molar-refractivity contribution in [1.82, 2.24) is 15.3 Å². The molecule has 6 heteroatoms. The number of hydrogen-bond donors (Lipinski definition) is 3. The Morgan fingerprint density at radius 3 is 2.58 bits per heavy atom. The molecule has 1 aliphatic heterocycles. The number of fused-ring (bicyclic) bond motifs is 1. The summed E-state index contributed by atoms with van der Waals surface area (Å²) in [6, 6.07) is 9.81. The van der Waals surface area contributed by atoms with E-state index in [1.54, 1.807) is 24.5 Å². The number of hydrogen-bond acceptors (Lipinski definition) is 3. The van der Waals surface area contributed by atoms with Crippen molar-refractivity contribution in [2.24, 2.45) is 0 Å². The first-order chi connectivity index (χ1) is 11.7. The minimum Gasteiger partial charge on any atom is -0.356 e. The van der Waals surface area contributed by atoms with E-state index >= 15 is 0 Å². The van der Waals surface area contributed by atoms with Gasteiger partial charge in [-0.1, -0.05) is 0 Å². The maximum Gasteiger partial charge on any atom is 0.255 e. The van der Waals surface area contributed by atoms with Gasteiger partial charge in [0.15, 0.2) is 0 Å². The maximum absolute atomic E-state index is 13.1. The van der Waals surface area contributed by atoms with Crippen molar-refractivity contribution in [3.05, 3.63) is 65.9 Å². The van der Waals surface area contributed by atoms with E-state index in [2.05, 4.69) is 20.6 Å². The highest BCUT2D eigenvalue weighted by Crippen LogP contribution is 2.36. The second kappa shape index (κ2) is 5.81. The van der Waals surface area contributed by atoms with E-state index in [1.807, 2.05) is 12.1 Å². The lowest BCUT2D eigenvalue weighted by Crippen LogP contribution is -2.31. The molecule has 2 aromatic heterocycles. The van der Waals surface area contributed by atoms with E-state index in [0.29, 0.717) is 23.5 Å². The van der Waals surface area contributed by atoms with Crippen LogP contribution in [-0.2, 0) is 6.42 Å². The number of benzene rings is 1. The third kappa shape index (κ3) is 2.52. The number of nitrogens with zero attached hydrogens (tertiary/aromatic N) is 1. The van der Waals surface area contributed by atoms with E-state index in [-0.39, 0.29) is 11.7 Å². The molecule has 0 atom stereocenters. The summed E-state index contributed by atoms with van der Waals surface area (Å²) in [5.74, 6) is -0.416. The Labute approximate surface area is 137 Å². The van der Waals surface area contributed by atoms with Crippen LogP contribution in [0.2, 0.25) is 0 Å². The van der Waals surface area contributed by atoms with Crippen molar-refractivity contribution in [1.29, 1.82) is 0 Å². The van der Waals surface area contributed by atoms with E-state index < -0.39 is 0 Å². The first kappa shape index (κ1) is 14.4. The molecule has 4 rings (SSSR count). The lowest BCUT2D eigenvalue weighted by molar-refractivity contribution is 0.0947. The summed E-state index contributed by atoms with van der Waals surface area (Å²) < 4.78 is 13.1. The number of amides is 1. The zero-order valence-corrected chi connectivity index (χ0v) is 12.8. The van der Waals surface area contributed by atoms with Gasteiger partial charge in [0.25, 0.3) is 5.91 Å². The third-order valence-corrected chi connectivity index (χ3v) is 4.05. The van der Waals surface area contributed by atoms with Crippen LogP contribution in [0.5, 0.6) is 0 Å². The molecular formula is C18H15FN4O. The molecule has 0 fully saturated rings. The lowest BCUT2D eigenvalue weighted by Gasteiger charge is -2.15. The van der Waals surface area contributed by atoms with E-state index in [1.165, 1.54) is 12.1 Å². The molecule has 0 saturated carbocycles. The number of nitrogens with one attached hydrogen (secondary N) is 3. The van der Waals surface area contributed by atoms with Crippen LogP contribution >= 0.6 is 0 Å². The van der Waals surface area contributed by atoms with Crippen molar-refractivity contribution in [3.8, 4) is 11.3 Å². The number of carbonyl (C=O) groups is 1. The number of aromatic nitrogens is 2. The van der Waals surface area contributed by atoms with Crippen LogP contribution in [0.4, 0.5) is 15.8 Å². The first-order valence-electron chi connectivity index (χ1n) is 7.68. The van der Waals surface area contributed by atoms with Gasteiger partial charge in [-0.3, -0.25) is 9.78 Å². The number of halogens is 1. The van der Waals surface area contributed by atoms with Crippen molar-refractivity contribution < 1.29 is 9.18 Å². The summed E-state index contributed by atoms with van der Waals surface area (Å²) in [7, 11) is 0. The number of pyridine rings is 1. The van der Waals surface area contributed by atoms with Gasteiger partial charge in [0.05, 0.1) is 16.9 Å². The highest BCUT2D eigenvalue weighted by atomic mass is 19.1. The van der Waals surface area contributed by atoms with E-state index in [0.717, 1.165) is 23.4 Å². The van der Waals surface area contributed by atoms with E-state index in [4.69, 9.17) is 0 Å². The first-order valence-corrected chi connectivity index (χ1v) is 7.68. The molecule has 5 nitrogen and oxygen atoms in total. The summed E-state index contributed by atoms with van der Waals surface area (Å²) in [4.78, 5) is 19.7. The summed E-state index contributed by atoms with van der Waals surface area (Å²) in [6.45, 7) is 0.609. The Morgan fingerprint density at radius 2 is 1.83 bits per heavy atom. The summed E-state index contributed by atoms with van der Waals surface area (Å²) in [5.41, 5.74) is 4.67. The van der Waals surface area contributed by atoms with Crippen LogP contribution in [0.3, 0.4) is 0 Å². The molecule has 3 N–H and O–H groups in total. The fourth-order valence-corrected chi connectivity index (χ4v) is 2.92. The standard InChI is InChI=1S/C18H15FN4O/c19-12-1-3-13(4-2-12)22-17-15-14(7-10-21-18(15)24)23-16(17)11-5-8-20-9-6-11/h1-6,8-9,22-23H,7,10H2,(H,21,24). The Bertz CT molecular complexity index is 887. The van der Waals surface area contributed by atoms with Crippen molar-refractivity contribution >= 4 is 17.3 Å². The van der Waals surface area contributed by atoms with Crippen LogP contribution in [-0.4, -0.2) is 22.4 Å². The van der Waals surface area contributed by atoms with Crippen molar-refractivity contribution in [3.63, 3.8) is 0 Å². The maximum atomic E-state index is 13.1. The molecule has 1 amide bonds. The SMILES string of the molecule is O=C1NCCc2[nH]c(-c3ccncc3)c(Nc3ccc(F)cc3)c21. The molecule has 0 bridgehead atoms. The fraction of sp³-hybridized carbons (Fsp3) is 0.111. The fourth-order valence-electron chi connectivity index (χ4n) is 2.92. The largest absolute Gasteiger partial charge is 0.356 e. The molecule has 0 spiro atoms. The topological polar surface area (TPSA) is 69.8 Å². The predicted molar refractivity (Wildman–Crippen MR) is 89.7 cm³/mol. The molecule has 0 saturated heterocycles. The average Bonchev–Trinajstić information content (AvgIpc) is 2.98. The third-order valence-electron chi connectivity index (χ3n) is 4.05. The van der Waals surface area contributed by atoms with Crippen LogP contribution in [0.15, 0.2) is 48.8 Å².